The van der Waals surface area contributed by atoms with Crippen molar-refractivity contribution in [3.8, 4) is 5.75 Å². The third-order valence-corrected chi connectivity index (χ3v) is 4.99. The second kappa shape index (κ2) is 7.19. The number of amides is 2. The number of ether oxygens (including phenoxy) is 1. The number of hydrogen-bond acceptors (Lipinski definition) is 4. The number of carbonyl (C=O) groups excluding carboxylic acids is 2. The summed E-state index contributed by atoms with van der Waals surface area (Å²) < 4.78 is 5.51. The van der Waals surface area contributed by atoms with Crippen LogP contribution < -0.4 is 15.4 Å². The van der Waals surface area contributed by atoms with Crippen molar-refractivity contribution < 1.29 is 14.3 Å². The van der Waals surface area contributed by atoms with E-state index in [0.29, 0.717) is 17.1 Å². The van der Waals surface area contributed by atoms with E-state index in [4.69, 9.17) is 4.74 Å². The molecular formula is C19H20N2O3S. The van der Waals surface area contributed by atoms with Crippen LogP contribution in [0.1, 0.15) is 19.4 Å². The maximum Gasteiger partial charge on any atom is 0.265 e. The zero-order valence-corrected chi connectivity index (χ0v) is 15.1. The van der Waals surface area contributed by atoms with Crippen LogP contribution in [0, 0.1) is 6.92 Å². The molecule has 2 aromatic carbocycles. The van der Waals surface area contributed by atoms with Gasteiger partial charge in [0.1, 0.15) is 5.75 Å². The molecule has 2 aromatic rings. The molecule has 0 saturated carbocycles. The number of thioether (sulfide) groups is 1. The average molecular weight is 356 g/mol. The minimum Gasteiger partial charge on any atom is -0.479 e. The second-order valence-electron chi connectivity index (χ2n) is 6.02. The van der Waals surface area contributed by atoms with Gasteiger partial charge >= 0.3 is 0 Å². The molecule has 130 valence electrons. The van der Waals surface area contributed by atoms with Crippen molar-refractivity contribution >= 4 is 35.0 Å². The number of aryl methyl sites for hydroxylation is 1. The zero-order chi connectivity index (χ0) is 18.0. The number of hydrogen-bond donors (Lipinski definition) is 2. The van der Waals surface area contributed by atoms with Crippen molar-refractivity contribution in [1.82, 2.24) is 0 Å². The van der Waals surface area contributed by atoms with Gasteiger partial charge in [0.05, 0.1) is 10.9 Å². The summed E-state index contributed by atoms with van der Waals surface area (Å²) in [7, 11) is 0. The SMILES string of the molecule is Cc1ccc(S[C@H](C)C(=O)Nc2ccc3c(c2)NC(=O)[C@@H](C)O3)cc1. The number of benzene rings is 2. The monoisotopic (exact) mass is 356 g/mol. The van der Waals surface area contributed by atoms with Gasteiger partial charge in [-0.25, -0.2) is 0 Å². The fourth-order valence-electron chi connectivity index (χ4n) is 2.40. The highest BCUT2D eigenvalue weighted by Crippen LogP contribution is 2.32. The minimum atomic E-state index is -0.515. The van der Waals surface area contributed by atoms with Crippen molar-refractivity contribution in [2.75, 3.05) is 10.6 Å². The van der Waals surface area contributed by atoms with Crippen molar-refractivity contribution in [2.24, 2.45) is 0 Å². The zero-order valence-electron chi connectivity index (χ0n) is 14.3. The van der Waals surface area contributed by atoms with E-state index in [1.807, 2.05) is 38.1 Å². The Balaban J connectivity index is 1.65. The highest BCUT2D eigenvalue weighted by Gasteiger charge is 2.24. The quantitative estimate of drug-likeness (QED) is 0.817. The van der Waals surface area contributed by atoms with Gasteiger partial charge in [0.2, 0.25) is 5.91 Å². The maximum absolute atomic E-state index is 12.4. The number of fused-ring (bicyclic) bond motifs is 1. The molecular weight excluding hydrogens is 336 g/mol. The second-order valence-corrected chi connectivity index (χ2v) is 7.44. The summed E-state index contributed by atoms with van der Waals surface area (Å²) in [6.07, 6.45) is -0.515. The number of rotatable bonds is 4. The van der Waals surface area contributed by atoms with Gasteiger partial charge in [0.15, 0.2) is 6.10 Å². The highest BCUT2D eigenvalue weighted by molar-refractivity contribution is 8.00. The Labute approximate surface area is 151 Å². The van der Waals surface area contributed by atoms with E-state index < -0.39 is 6.10 Å². The van der Waals surface area contributed by atoms with Crippen LogP contribution in [-0.4, -0.2) is 23.2 Å². The molecule has 2 N–H and O–H groups in total. The third-order valence-electron chi connectivity index (χ3n) is 3.88. The lowest BCUT2D eigenvalue weighted by Gasteiger charge is -2.23. The molecule has 2 amide bonds. The lowest BCUT2D eigenvalue weighted by Crippen LogP contribution is -2.34. The van der Waals surface area contributed by atoms with Gasteiger partial charge in [-0.2, -0.15) is 0 Å². The van der Waals surface area contributed by atoms with E-state index in [1.54, 1.807) is 25.1 Å². The van der Waals surface area contributed by atoms with E-state index in [9.17, 15) is 9.59 Å². The summed E-state index contributed by atoms with van der Waals surface area (Å²) in [5.41, 5.74) is 2.38. The topological polar surface area (TPSA) is 67.4 Å². The van der Waals surface area contributed by atoms with Crippen molar-refractivity contribution in [3.63, 3.8) is 0 Å². The Kier molecular flexibility index (Phi) is 4.99. The Morgan fingerprint density at radius 3 is 2.68 bits per heavy atom. The first kappa shape index (κ1) is 17.4. The largest absolute Gasteiger partial charge is 0.479 e. The molecule has 0 bridgehead atoms. The molecule has 2 atom stereocenters. The summed E-state index contributed by atoms with van der Waals surface area (Å²) in [6, 6.07) is 13.3. The van der Waals surface area contributed by atoms with Crippen LogP contribution in [0.4, 0.5) is 11.4 Å². The first-order chi connectivity index (χ1) is 11.9. The van der Waals surface area contributed by atoms with Crippen LogP contribution in [-0.2, 0) is 9.59 Å². The summed E-state index contributed by atoms with van der Waals surface area (Å²) in [5, 5.41) is 5.41. The molecule has 0 aliphatic carbocycles. The summed E-state index contributed by atoms with van der Waals surface area (Å²) in [4.78, 5) is 25.2. The smallest absolute Gasteiger partial charge is 0.265 e. The van der Waals surface area contributed by atoms with E-state index in [-0.39, 0.29) is 17.1 Å². The lowest BCUT2D eigenvalue weighted by atomic mass is 10.2. The van der Waals surface area contributed by atoms with E-state index in [0.717, 1.165) is 4.90 Å². The van der Waals surface area contributed by atoms with Gasteiger partial charge in [0, 0.05) is 10.6 Å². The third kappa shape index (κ3) is 4.14. The maximum atomic E-state index is 12.4. The summed E-state index contributed by atoms with van der Waals surface area (Å²) in [6.45, 7) is 5.59. The molecule has 0 saturated heterocycles. The Morgan fingerprint density at radius 1 is 1.24 bits per heavy atom. The van der Waals surface area contributed by atoms with Gasteiger partial charge in [-0.1, -0.05) is 17.7 Å². The van der Waals surface area contributed by atoms with Crippen LogP contribution >= 0.6 is 11.8 Å². The first-order valence-corrected chi connectivity index (χ1v) is 8.96. The number of carbonyl (C=O) groups is 2. The van der Waals surface area contributed by atoms with Gasteiger partial charge in [-0.05, 0) is 51.1 Å². The van der Waals surface area contributed by atoms with Gasteiger partial charge < -0.3 is 15.4 Å². The number of anilines is 2. The van der Waals surface area contributed by atoms with E-state index >= 15 is 0 Å². The lowest BCUT2D eigenvalue weighted by molar-refractivity contribution is -0.122. The fraction of sp³-hybridized carbons (Fsp3) is 0.263. The molecule has 1 aliphatic heterocycles. The molecule has 3 rings (SSSR count). The Bertz CT molecular complexity index is 805. The van der Waals surface area contributed by atoms with Crippen LogP contribution in [0.25, 0.3) is 0 Å². The van der Waals surface area contributed by atoms with Crippen molar-refractivity contribution in [1.29, 1.82) is 0 Å². The van der Waals surface area contributed by atoms with Gasteiger partial charge in [-0.3, -0.25) is 9.59 Å². The molecule has 1 aliphatic rings. The van der Waals surface area contributed by atoms with Gasteiger partial charge in [0.25, 0.3) is 5.91 Å². The van der Waals surface area contributed by atoms with Gasteiger partial charge in [-0.15, -0.1) is 11.8 Å². The predicted molar refractivity (Wildman–Crippen MR) is 100 cm³/mol. The van der Waals surface area contributed by atoms with E-state index in [1.165, 1.54) is 17.3 Å². The highest BCUT2D eigenvalue weighted by atomic mass is 32.2. The molecule has 5 nitrogen and oxygen atoms in total. The minimum absolute atomic E-state index is 0.0954. The normalized spacial score (nSPS) is 17.1. The standard InChI is InChI=1S/C19H20N2O3S/c1-11-4-7-15(8-5-11)25-13(3)19(23)20-14-6-9-17-16(10-14)21-18(22)12(2)24-17/h4-10,12-13H,1-3H3,(H,20,23)(H,21,22)/t12-,13-/m1/s1. The molecule has 0 radical (unpaired) electrons. The van der Waals surface area contributed by atoms with Crippen molar-refractivity contribution in [2.45, 2.75) is 37.0 Å². The predicted octanol–water partition coefficient (Wildman–Crippen LogP) is 3.83. The van der Waals surface area contributed by atoms with E-state index in [2.05, 4.69) is 10.6 Å². The average Bonchev–Trinajstić information content (AvgIpc) is 2.58. The molecule has 0 unspecified atom stereocenters. The first-order valence-electron chi connectivity index (χ1n) is 8.08. The fourth-order valence-corrected chi connectivity index (χ4v) is 3.27. The van der Waals surface area contributed by atoms with Crippen LogP contribution in [0.2, 0.25) is 0 Å². The summed E-state index contributed by atoms with van der Waals surface area (Å²) in [5.74, 6) is 0.313. The molecule has 25 heavy (non-hydrogen) atoms. The molecule has 0 spiro atoms. The Hall–Kier alpha value is -2.47. The molecule has 6 heteroatoms. The molecule has 1 heterocycles. The van der Waals surface area contributed by atoms with Crippen LogP contribution in [0.5, 0.6) is 5.75 Å². The van der Waals surface area contributed by atoms with Crippen LogP contribution in [0.3, 0.4) is 0 Å². The molecule has 0 aromatic heterocycles. The number of nitrogens with one attached hydrogen (secondary N) is 2. The summed E-state index contributed by atoms with van der Waals surface area (Å²) >= 11 is 1.50. The van der Waals surface area contributed by atoms with Crippen LogP contribution in [0.15, 0.2) is 47.4 Å². The molecule has 0 fully saturated rings. The van der Waals surface area contributed by atoms with Crippen molar-refractivity contribution in [3.05, 3.63) is 48.0 Å². The Morgan fingerprint density at radius 2 is 1.96 bits per heavy atom.